The van der Waals surface area contributed by atoms with E-state index in [1.54, 1.807) is 6.07 Å². The zero-order valence-electron chi connectivity index (χ0n) is 17.1. The van der Waals surface area contributed by atoms with Crippen molar-refractivity contribution in [3.8, 4) is 0 Å². The van der Waals surface area contributed by atoms with Crippen molar-refractivity contribution < 1.29 is 23.5 Å². The van der Waals surface area contributed by atoms with E-state index in [-0.39, 0.29) is 11.3 Å². The fraction of sp³-hybridized carbons (Fsp3) is 0.125. The lowest BCUT2D eigenvalue weighted by molar-refractivity contribution is -0.117. The van der Waals surface area contributed by atoms with Crippen molar-refractivity contribution in [2.45, 2.75) is 19.9 Å². The van der Waals surface area contributed by atoms with Gasteiger partial charge >= 0.3 is 0 Å². The van der Waals surface area contributed by atoms with Gasteiger partial charge in [-0.3, -0.25) is 14.5 Å². The summed E-state index contributed by atoms with van der Waals surface area (Å²) in [6.07, 6.45) is 1.34. The SMILES string of the molecule is Cc1cc(C)c2nc(N3C(=O)C(O)=C(C(=O)c4ccco4)C3c3ccc(F)cc3)sc2c1. The number of aliphatic hydroxyl groups excluding tert-OH is 1. The third-order valence-electron chi connectivity index (χ3n) is 5.41. The number of thiazole rings is 1. The normalized spacial score (nSPS) is 16.4. The fourth-order valence-corrected chi connectivity index (χ4v) is 5.17. The molecule has 0 saturated carbocycles. The third-order valence-corrected chi connectivity index (χ3v) is 6.41. The molecule has 2 aromatic carbocycles. The smallest absolute Gasteiger partial charge is 0.296 e. The van der Waals surface area contributed by atoms with Gasteiger partial charge in [-0.1, -0.05) is 29.5 Å². The van der Waals surface area contributed by atoms with Crippen LogP contribution in [0.2, 0.25) is 0 Å². The average molecular weight is 448 g/mol. The topological polar surface area (TPSA) is 83.6 Å². The number of aryl methyl sites for hydroxylation is 2. The number of amides is 1. The summed E-state index contributed by atoms with van der Waals surface area (Å²) in [6, 6.07) is 11.4. The van der Waals surface area contributed by atoms with Crippen LogP contribution in [0.3, 0.4) is 0 Å². The van der Waals surface area contributed by atoms with Crippen molar-refractivity contribution in [1.29, 1.82) is 0 Å². The number of halogens is 1. The number of aromatic nitrogens is 1. The second-order valence-corrected chi connectivity index (χ2v) is 8.63. The molecule has 0 radical (unpaired) electrons. The molecule has 0 aliphatic carbocycles. The van der Waals surface area contributed by atoms with Crippen molar-refractivity contribution in [2.75, 3.05) is 4.90 Å². The highest BCUT2D eigenvalue weighted by atomic mass is 32.1. The van der Waals surface area contributed by atoms with E-state index in [2.05, 4.69) is 4.98 Å². The summed E-state index contributed by atoms with van der Waals surface area (Å²) in [5.74, 6) is -2.51. The maximum absolute atomic E-state index is 13.6. The van der Waals surface area contributed by atoms with Crippen molar-refractivity contribution in [1.82, 2.24) is 4.98 Å². The lowest BCUT2D eigenvalue weighted by Gasteiger charge is -2.24. The van der Waals surface area contributed by atoms with Crippen LogP contribution in [0.5, 0.6) is 0 Å². The monoisotopic (exact) mass is 448 g/mol. The van der Waals surface area contributed by atoms with Crippen LogP contribution in [-0.4, -0.2) is 21.8 Å². The molecule has 6 nitrogen and oxygen atoms in total. The molecule has 4 aromatic rings. The molecule has 2 aromatic heterocycles. The van der Waals surface area contributed by atoms with Gasteiger partial charge < -0.3 is 9.52 Å². The Bertz CT molecular complexity index is 1400. The van der Waals surface area contributed by atoms with Crippen LogP contribution in [0, 0.1) is 19.7 Å². The first-order valence-electron chi connectivity index (χ1n) is 9.83. The van der Waals surface area contributed by atoms with Gasteiger partial charge in [0.2, 0.25) is 5.78 Å². The number of ketones is 1. The summed E-state index contributed by atoms with van der Waals surface area (Å²) in [6.45, 7) is 3.91. The largest absolute Gasteiger partial charge is 0.503 e. The Hall–Kier alpha value is -3.78. The predicted octanol–water partition coefficient (Wildman–Crippen LogP) is 5.43. The van der Waals surface area contributed by atoms with Gasteiger partial charge in [0.25, 0.3) is 5.91 Å². The number of carbonyl (C=O) groups is 2. The number of anilines is 1. The Labute approximate surface area is 186 Å². The summed E-state index contributed by atoms with van der Waals surface area (Å²) >= 11 is 1.29. The van der Waals surface area contributed by atoms with Gasteiger partial charge in [0, 0.05) is 0 Å². The molecule has 0 spiro atoms. The first kappa shape index (κ1) is 20.1. The molecule has 32 heavy (non-hydrogen) atoms. The molecular weight excluding hydrogens is 431 g/mol. The lowest BCUT2D eigenvalue weighted by Crippen LogP contribution is -2.31. The van der Waals surface area contributed by atoms with E-state index in [0.29, 0.717) is 10.7 Å². The molecule has 0 fully saturated rings. The maximum Gasteiger partial charge on any atom is 0.296 e. The molecule has 160 valence electrons. The van der Waals surface area contributed by atoms with E-state index in [1.807, 2.05) is 26.0 Å². The van der Waals surface area contributed by atoms with Gasteiger partial charge in [0.1, 0.15) is 5.82 Å². The van der Waals surface area contributed by atoms with E-state index in [0.717, 1.165) is 21.3 Å². The summed E-state index contributed by atoms with van der Waals surface area (Å²) < 4.78 is 19.7. The van der Waals surface area contributed by atoms with Gasteiger partial charge in [-0.15, -0.1) is 0 Å². The van der Waals surface area contributed by atoms with E-state index in [1.165, 1.54) is 52.8 Å². The van der Waals surface area contributed by atoms with Gasteiger partial charge in [0.05, 0.1) is 28.1 Å². The van der Waals surface area contributed by atoms with Gasteiger partial charge in [0.15, 0.2) is 16.7 Å². The molecule has 3 heterocycles. The quantitative estimate of drug-likeness (QED) is 0.421. The Morgan fingerprint density at radius 3 is 2.62 bits per heavy atom. The molecule has 1 atom stereocenters. The highest BCUT2D eigenvalue weighted by Gasteiger charge is 2.46. The number of hydrogen-bond donors (Lipinski definition) is 1. The third kappa shape index (κ3) is 3.11. The van der Waals surface area contributed by atoms with Crippen molar-refractivity contribution in [3.63, 3.8) is 0 Å². The van der Waals surface area contributed by atoms with Crippen molar-refractivity contribution >= 4 is 38.4 Å². The number of hydrogen-bond acceptors (Lipinski definition) is 6. The van der Waals surface area contributed by atoms with Gasteiger partial charge in [-0.25, -0.2) is 9.37 Å². The first-order valence-corrected chi connectivity index (χ1v) is 10.6. The molecular formula is C24H17FN2O4S. The second-order valence-electron chi connectivity index (χ2n) is 7.62. The minimum absolute atomic E-state index is 0.0101. The molecule has 1 amide bonds. The van der Waals surface area contributed by atoms with Crippen molar-refractivity contribution in [2.24, 2.45) is 0 Å². The highest BCUT2D eigenvalue weighted by molar-refractivity contribution is 7.22. The number of aliphatic hydroxyl groups is 1. The van der Waals surface area contributed by atoms with Crippen LogP contribution in [0.15, 0.2) is 70.5 Å². The maximum atomic E-state index is 13.6. The van der Waals surface area contributed by atoms with E-state index >= 15 is 0 Å². The molecule has 1 N–H and O–H groups in total. The molecule has 1 unspecified atom stereocenters. The molecule has 0 saturated heterocycles. The fourth-order valence-electron chi connectivity index (χ4n) is 4.00. The Kier molecular flexibility index (Phi) is 4.67. The van der Waals surface area contributed by atoms with Crippen LogP contribution in [0.4, 0.5) is 9.52 Å². The standard InChI is InChI=1S/C24H17FN2O4S/c1-12-10-13(2)19-17(11-12)32-24(26-19)27-20(14-5-7-15(25)8-6-14)18(22(29)23(27)30)21(28)16-4-3-9-31-16/h3-11,20,29H,1-2H3. The van der Waals surface area contributed by atoms with Gasteiger partial charge in [-0.2, -0.15) is 0 Å². The zero-order chi connectivity index (χ0) is 22.6. The molecule has 5 rings (SSSR count). The summed E-state index contributed by atoms with van der Waals surface area (Å²) in [4.78, 5) is 32.3. The van der Waals surface area contributed by atoms with Crippen LogP contribution in [0.25, 0.3) is 10.2 Å². The number of fused-ring (bicyclic) bond motifs is 1. The van der Waals surface area contributed by atoms with Crippen LogP contribution >= 0.6 is 11.3 Å². The predicted molar refractivity (Wildman–Crippen MR) is 118 cm³/mol. The van der Waals surface area contributed by atoms with Crippen LogP contribution < -0.4 is 4.90 Å². The first-order chi connectivity index (χ1) is 15.3. The number of furan rings is 1. The minimum Gasteiger partial charge on any atom is -0.503 e. The molecule has 0 bridgehead atoms. The second kappa shape index (κ2) is 7.42. The lowest BCUT2D eigenvalue weighted by atomic mass is 9.95. The number of Topliss-reactive ketones (excluding diaryl/α,β-unsaturated/α-hetero) is 1. The highest BCUT2D eigenvalue weighted by Crippen LogP contribution is 2.44. The van der Waals surface area contributed by atoms with E-state index in [9.17, 15) is 19.1 Å². The summed E-state index contributed by atoms with van der Waals surface area (Å²) in [5, 5.41) is 11.1. The molecule has 1 aliphatic rings. The van der Waals surface area contributed by atoms with Crippen molar-refractivity contribution in [3.05, 3.63) is 94.4 Å². The van der Waals surface area contributed by atoms with Crippen LogP contribution in [-0.2, 0) is 4.79 Å². The Balaban J connectivity index is 1.70. The zero-order valence-corrected chi connectivity index (χ0v) is 17.9. The van der Waals surface area contributed by atoms with E-state index in [4.69, 9.17) is 4.42 Å². The number of rotatable bonds is 4. The minimum atomic E-state index is -0.984. The van der Waals surface area contributed by atoms with E-state index < -0.39 is 29.3 Å². The average Bonchev–Trinajstić information content (AvgIpc) is 3.48. The Morgan fingerprint density at radius 2 is 1.94 bits per heavy atom. The number of carbonyl (C=O) groups excluding carboxylic acids is 2. The molecule has 1 aliphatic heterocycles. The number of nitrogens with zero attached hydrogens (tertiary/aromatic N) is 2. The molecule has 8 heteroatoms. The summed E-state index contributed by atoms with van der Waals surface area (Å²) in [7, 11) is 0. The Morgan fingerprint density at radius 1 is 1.19 bits per heavy atom. The van der Waals surface area contributed by atoms with Gasteiger partial charge in [-0.05, 0) is 60.9 Å². The number of benzene rings is 2. The van der Waals surface area contributed by atoms with Crippen LogP contribution in [0.1, 0.15) is 33.3 Å². The summed E-state index contributed by atoms with van der Waals surface area (Å²) in [5.41, 5.74) is 3.08.